The third kappa shape index (κ3) is 9.28. The third-order valence-electron chi connectivity index (χ3n) is 4.62. The van der Waals surface area contributed by atoms with Crippen molar-refractivity contribution in [3.8, 4) is 11.5 Å². The second kappa shape index (κ2) is 11.6. The van der Waals surface area contributed by atoms with Gasteiger partial charge in [-0.3, -0.25) is 0 Å². The molecule has 1 fully saturated rings. The minimum atomic E-state index is -1.40. The maximum atomic E-state index is 13.0. The summed E-state index contributed by atoms with van der Waals surface area (Å²) in [5, 5.41) is 0. The zero-order valence-electron chi connectivity index (χ0n) is 21.8. The number of rotatable bonds is 4. The van der Waals surface area contributed by atoms with E-state index in [2.05, 4.69) is 0 Å². The van der Waals surface area contributed by atoms with Crippen LogP contribution in [0.2, 0.25) is 0 Å². The SMILES string of the molecule is COc1ccc(O[C@H]2COC[C@H](N(C(=O)OC(C)(C)C)C(=O)OC(C)(C)C)C(=O)O[C@@H](C)C2)cc1. The van der Waals surface area contributed by atoms with Crippen molar-refractivity contribution in [2.75, 3.05) is 20.3 Å². The first-order valence-corrected chi connectivity index (χ1v) is 11.5. The van der Waals surface area contributed by atoms with Gasteiger partial charge in [-0.15, -0.1) is 0 Å². The van der Waals surface area contributed by atoms with Crippen LogP contribution < -0.4 is 9.47 Å². The van der Waals surface area contributed by atoms with Crippen molar-refractivity contribution in [2.45, 2.75) is 84.3 Å². The number of methoxy groups -OCH3 is 1. The second-order valence-corrected chi connectivity index (χ2v) is 10.3. The normalized spacial score (nSPS) is 21.5. The van der Waals surface area contributed by atoms with Gasteiger partial charge in [-0.25, -0.2) is 14.4 Å². The number of carbonyl (C=O) groups is 3. The van der Waals surface area contributed by atoms with E-state index < -0.39 is 47.6 Å². The standard InChI is InChI=1S/C25H37NO9/c1-16-13-19(33-18-11-9-17(30-8)10-12-18)14-31-15-20(21(27)32-16)26(22(28)34-24(2,3)4)23(29)35-25(5,6)7/h9-12,16,19-20H,13-15H2,1-8H3/t16-,19+,20-/m0/s1. The van der Waals surface area contributed by atoms with Crippen molar-refractivity contribution in [3.05, 3.63) is 24.3 Å². The lowest BCUT2D eigenvalue weighted by Gasteiger charge is -2.32. The Morgan fingerprint density at radius 3 is 1.91 bits per heavy atom. The molecule has 3 atom stereocenters. The zero-order chi connectivity index (χ0) is 26.4. The number of amides is 2. The van der Waals surface area contributed by atoms with E-state index in [1.807, 2.05) is 0 Å². The molecule has 2 amide bonds. The quantitative estimate of drug-likeness (QED) is 0.445. The first-order valence-electron chi connectivity index (χ1n) is 11.5. The number of hydrogen-bond donors (Lipinski definition) is 0. The number of benzene rings is 1. The lowest BCUT2D eigenvalue weighted by atomic mass is 10.2. The molecule has 35 heavy (non-hydrogen) atoms. The monoisotopic (exact) mass is 495 g/mol. The number of nitrogens with zero attached hydrogens (tertiary/aromatic N) is 1. The summed E-state index contributed by atoms with van der Waals surface area (Å²) < 4.78 is 33.2. The Balaban J connectivity index is 2.23. The van der Waals surface area contributed by atoms with Gasteiger partial charge in [0.2, 0.25) is 0 Å². The van der Waals surface area contributed by atoms with Crippen LogP contribution in [0.3, 0.4) is 0 Å². The topological polar surface area (TPSA) is 110 Å². The van der Waals surface area contributed by atoms with Gasteiger partial charge in [-0.2, -0.15) is 4.90 Å². The van der Waals surface area contributed by atoms with Crippen LogP contribution in [0.4, 0.5) is 9.59 Å². The number of imide groups is 1. The van der Waals surface area contributed by atoms with Gasteiger partial charge in [0, 0.05) is 6.42 Å². The van der Waals surface area contributed by atoms with Crippen LogP contribution in [0.5, 0.6) is 11.5 Å². The first kappa shape index (κ1) is 28.2. The second-order valence-electron chi connectivity index (χ2n) is 10.3. The van der Waals surface area contributed by atoms with Crippen molar-refractivity contribution in [1.29, 1.82) is 0 Å². The maximum Gasteiger partial charge on any atom is 0.420 e. The van der Waals surface area contributed by atoms with Crippen LogP contribution in [-0.2, 0) is 23.7 Å². The van der Waals surface area contributed by atoms with Crippen molar-refractivity contribution >= 4 is 18.2 Å². The zero-order valence-corrected chi connectivity index (χ0v) is 21.8. The van der Waals surface area contributed by atoms with Gasteiger partial charge in [-0.1, -0.05) is 0 Å². The molecular weight excluding hydrogens is 458 g/mol. The van der Waals surface area contributed by atoms with Gasteiger partial charge < -0.3 is 28.4 Å². The highest BCUT2D eigenvalue weighted by Gasteiger charge is 2.42. The van der Waals surface area contributed by atoms with Gasteiger partial charge in [0.05, 0.1) is 20.3 Å². The number of ether oxygens (including phenoxy) is 6. The van der Waals surface area contributed by atoms with E-state index in [9.17, 15) is 14.4 Å². The largest absolute Gasteiger partial charge is 0.497 e. The average molecular weight is 496 g/mol. The fraction of sp³-hybridized carbons (Fsp3) is 0.640. The molecule has 0 bridgehead atoms. The number of cyclic esters (lactones) is 1. The van der Waals surface area contributed by atoms with Crippen LogP contribution in [0.15, 0.2) is 24.3 Å². The lowest BCUT2D eigenvalue weighted by Crippen LogP contribution is -2.54. The summed E-state index contributed by atoms with van der Waals surface area (Å²) in [6, 6.07) is 5.66. The van der Waals surface area contributed by atoms with Gasteiger partial charge >= 0.3 is 18.2 Å². The summed E-state index contributed by atoms with van der Waals surface area (Å²) in [7, 11) is 1.58. The summed E-state index contributed by atoms with van der Waals surface area (Å²) in [5.74, 6) is 0.481. The fourth-order valence-corrected chi connectivity index (χ4v) is 3.20. The molecule has 1 aliphatic rings. The van der Waals surface area contributed by atoms with Crippen LogP contribution in [0.1, 0.15) is 54.9 Å². The van der Waals surface area contributed by atoms with Crippen molar-refractivity contribution in [1.82, 2.24) is 4.90 Å². The highest BCUT2D eigenvalue weighted by atomic mass is 16.6. The molecule has 0 unspecified atom stereocenters. The van der Waals surface area contributed by atoms with E-state index in [1.165, 1.54) is 0 Å². The average Bonchev–Trinajstić information content (AvgIpc) is 2.76. The Hall–Kier alpha value is -3.01. The highest BCUT2D eigenvalue weighted by molar-refractivity contribution is 5.94. The predicted octanol–water partition coefficient (Wildman–Crippen LogP) is 4.34. The van der Waals surface area contributed by atoms with Crippen molar-refractivity contribution in [2.24, 2.45) is 0 Å². The van der Waals surface area contributed by atoms with Gasteiger partial charge in [0.25, 0.3) is 0 Å². The summed E-state index contributed by atoms with van der Waals surface area (Å²) >= 11 is 0. The molecule has 0 radical (unpaired) electrons. The van der Waals surface area contributed by atoms with Crippen molar-refractivity contribution < 1.29 is 42.8 Å². The van der Waals surface area contributed by atoms with E-state index in [0.717, 1.165) is 0 Å². The molecule has 10 nitrogen and oxygen atoms in total. The Labute approximate surface area is 206 Å². The molecule has 0 aliphatic carbocycles. The Kier molecular flexibility index (Phi) is 9.37. The molecule has 1 aromatic rings. The van der Waals surface area contributed by atoms with Crippen LogP contribution in [-0.4, -0.2) is 72.8 Å². The molecule has 0 saturated carbocycles. The van der Waals surface area contributed by atoms with E-state index in [0.29, 0.717) is 22.8 Å². The lowest BCUT2D eigenvalue weighted by molar-refractivity contribution is -0.155. The molecule has 1 aliphatic heterocycles. The Morgan fingerprint density at radius 2 is 1.43 bits per heavy atom. The first-order chi connectivity index (χ1) is 16.2. The smallest absolute Gasteiger partial charge is 0.420 e. The molecule has 196 valence electrons. The minimum absolute atomic E-state index is 0.0972. The number of carbonyl (C=O) groups excluding carboxylic acids is 3. The number of hydrogen-bond acceptors (Lipinski definition) is 9. The fourth-order valence-electron chi connectivity index (χ4n) is 3.20. The Morgan fingerprint density at radius 1 is 0.914 bits per heavy atom. The molecule has 10 heteroatoms. The van der Waals surface area contributed by atoms with Crippen LogP contribution in [0, 0.1) is 0 Å². The predicted molar refractivity (Wildman–Crippen MR) is 126 cm³/mol. The molecule has 0 spiro atoms. The highest BCUT2D eigenvalue weighted by Crippen LogP contribution is 2.23. The molecule has 1 saturated heterocycles. The summed E-state index contributed by atoms with van der Waals surface area (Å²) in [4.78, 5) is 39.6. The van der Waals surface area contributed by atoms with Gasteiger partial charge in [0.15, 0.2) is 6.04 Å². The summed E-state index contributed by atoms with van der Waals surface area (Å²) in [6.45, 7) is 11.4. The third-order valence-corrected chi connectivity index (χ3v) is 4.62. The molecule has 0 N–H and O–H groups in total. The van der Waals surface area contributed by atoms with E-state index in [-0.39, 0.29) is 13.2 Å². The van der Waals surface area contributed by atoms with E-state index >= 15 is 0 Å². The van der Waals surface area contributed by atoms with Gasteiger partial charge in [-0.05, 0) is 72.7 Å². The van der Waals surface area contributed by atoms with Gasteiger partial charge in [0.1, 0.15) is 34.9 Å². The maximum absolute atomic E-state index is 13.0. The van der Waals surface area contributed by atoms with E-state index in [4.69, 9.17) is 28.4 Å². The summed E-state index contributed by atoms with van der Waals surface area (Å²) in [6.07, 6.45) is -2.75. The van der Waals surface area contributed by atoms with Crippen molar-refractivity contribution in [3.63, 3.8) is 0 Å². The van der Waals surface area contributed by atoms with E-state index in [1.54, 1.807) is 79.8 Å². The molecule has 2 rings (SSSR count). The molecule has 1 heterocycles. The Bertz CT molecular complexity index is 842. The molecule has 0 aromatic heterocycles. The minimum Gasteiger partial charge on any atom is -0.497 e. The van der Waals surface area contributed by atoms with Crippen LogP contribution in [0.25, 0.3) is 0 Å². The number of esters is 1. The molecule has 1 aromatic carbocycles. The summed E-state index contributed by atoms with van der Waals surface area (Å²) in [5.41, 5.74) is -1.82. The van der Waals surface area contributed by atoms with Crippen LogP contribution >= 0.6 is 0 Å². The molecular formula is C25H37NO9.